The maximum absolute atomic E-state index is 11.5. The Balaban J connectivity index is 3.02. The molecule has 0 unspecified atom stereocenters. The minimum atomic E-state index is -0.541. The number of anilines is 1. The van der Waals surface area contributed by atoms with Crippen LogP contribution in [0.15, 0.2) is 18.2 Å². The fourth-order valence-electron chi connectivity index (χ4n) is 1.51. The van der Waals surface area contributed by atoms with Gasteiger partial charge in [0.05, 0.1) is 4.92 Å². The standard InChI is InChI=1S/C13H19N3O4/c1-13(2,8-17)7-15-10-5-4-9(12(18)14-3)6-11(10)16(19)20/h4-6,15,17H,7-8H2,1-3H3,(H,14,18). The lowest BCUT2D eigenvalue weighted by molar-refractivity contribution is -0.384. The van der Waals surface area contributed by atoms with E-state index in [1.54, 1.807) is 0 Å². The van der Waals surface area contributed by atoms with Gasteiger partial charge < -0.3 is 15.7 Å². The van der Waals surface area contributed by atoms with E-state index >= 15 is 0 Å². The van der Waals surface area contributed by atoms with Crippen molar-refractivity contribution in [1.82, 2.24) is 5.32 Å². The third-order valence-electron chi connectivity index (χ3n) is 2.87. The van der Waals surface area contributed by atoms with Crippen LogP contribution in [0.3, 0.4) is 0 Å². The molecule has 7 nitrogen and oxygen atoms in total. The highest BCUT2D eigenvalue weighted by molar-refractivity contribution is 5.95. The lowest BCUT2D eigenvalue weighted by atomic mass is 9.95. The number of hydrogen-bond acceptors (Lipinski definition) is 5. The molecule has 0 aliphatic heterocycles. The van der Waals surface area contributed by atoms with E-state index in [0.717, 1.165) is 0 Å². The maximum Gasteiger partial charge on any atom is 0.293 e. The van der Waals surface area contributed by atoms with Crippen molar-refractivity contribution in [2.45, 2.75) is 13.8 Å². The number of benzene rings is 1. The minimum absolute atomic E-state index is 0.0376. The summed E-state index contributed by atoms with van der Waals surface area (Å²) < 4.78 is 0. The van der Waals surface area contributed by atoms with Gasteiger partial charge in [-0.25, -0.2) is 0 Å². The summed E-state index contributed by atoms with van der Waals surface area (Å²) in [5.74, 6) is -0.379. The molecular weight excluding hydrogens is 262 g/mol. The lowest BCUT2D eigenvalue weighted by Crippen LogP contribution is -2.27. The number of carbonyl (C=O) groups is 1. The van der Waals surface area contributed by atoms with Crippen molar-refractivity contribution in [2.75, 3.05) is 25.5 Å². The highest BCUT2D eigenvalue weighted by atomic mass is 16.6. The van der Waals surface area contributed by atoms with Crippen molar-refractivity contribution >= 4 is 17.3 Å². The van der Waals surface area contributed by atoms with Crippen LogP contribution in [0.25, 0.3) is 0 Å². The Hall–Kier alpha value is -2.15. The van der Waals surface area contributed by atoms with E-state index in [1.165, 1.54) is 25.2 Å². The molecule has 1 aromatic rings. The molecule has 0 aliphatic rings. The highest BCUT2D eigenvalue weighted by Gasteiger charge is 2.21. The number of nitrogens with zero attached hydrogens (tertiary/aromatic N) is 1. The summed E-state index contributed by atoms with van der Waals surface area (Å²) in [6.07, 6.45) is 0. The van der Waals surface area contributed by atoms with Gasteiger partial charge in [-0.05, 0) is 12.1 Å². The van der Waals surface area contributed by atoms with Crippen LogP contribution >= 0.6 is 0 Å². The summed E-state index contributed by atoms with van der Waals surface area (Å²) in [6.45, 7) is 4.02. The molecule has 0 bridgehead atoms. The summed E-state index contributed by atoms with van der Waals surface area (Å²) in [5, 5.41) is 25.6. The maximum atomic E-state index is 11.5. The molecule has 0 radical (unpaired) electrons. The van der Waals surface area contributed by atoms with Crippen LogP contribution in [0.1, 0.15) is 24.2 Å². The van der Waals surface area contributed by atoms with Gasteiger partial charge >= 0.3 is 0 Å². The van der Waals surface area contributed by atoms with Crippen LogP contribution in [0, 0.1) is 15.5 Å². The van der Waals surface area contributed by atoms with Crippen molar-refractivity contribution in [3.63, 3.8) is 0 Å². The van der Waals surface area contributed by atoms with Crippen LogP contribution in [-0.4, -0.2) is 36.1 Å². The fourth-order valence-corrected chi connectivity index (χ4v) is 1.51. The van der Waals surface area contributed by atoms with Crippen molar-refractivity contribution in [3.8, 4) is 0 Å². The number of nitro groups is 1. The molecule has 0 atom stereocenters. The summed E-state index contributed by atoms with van der Waals surface area (Å²) >= 11 is 0. The predicted molar refractivity (Wildman–Crippen MR) is 75.8 cm³/mol. The molecule has 0 saturated heterocycles. The van der Waals surface area contributed by atoms with Gasteiger partial charge in [0.2, 0.25) is 0 Å². The van der Waals surface area contributed by atoms with Gasteiger partial charge in [0, 0.05) is 37.2 Å². The van der Waals surface area contributed by atoms with Gasteiger partial charge in [-0.3, -0.25) is 14.9 Å². The second kappa shape index (κ2) is 6.33. The normalized spacial score (nSPS) is 11.0. The quantitative estimate of drug-likeness (QED) is 0.540. The Morgan fingerprint density at radius 1 is 1.45 bits per heavy atom. The monoisotopic (exact) mass is 281 g/mol. The number of amides is 1. The largest absolute Gasteiger partial charge is 0.396 e. The number of hydrogen-bond donors (Lipinski definition) is 3. The molecule has 0 aromatic heterocycles. The zero-order chi connectivity index (χ0) is 15.3. The van der Waals surface area contributed by atoms with Crippen molar-refractivity contribution < 1.29 is 14.8 Å². The molecule has 0 fully saturated rings. The summed E-state index contributed by atoms with van der Waals surface area (Å²) in [4.78, 5) is 22.0. The molecule has 0 aliphatic carbocycles. The van der Waals surface area contributed by atoms with Crippen LogP contribution in [0.2, 0.25) is 0 Å². The lowest BCUT2D eigenvalue weighted by Gasteiger charge is -2.22. The van der Waals surface area contributed by atoms with Crippen LogP contribution < -0.4 is 10.6 Å². The summed E-state index contributed by atoms with van der Waals surface area (Å²) in [6, 6.07) is 4.24. The van der Waals surface area contributed by atoms with Gasteiger partial charge in [-0.2, -0.15) is 0 Å². The fraction of sp³-hybridized carbons (Fsp3) is 0.462. The molecule has 0 spiro atoms. The molecule has 3 N–H and O–H groups in total. The third-order valence-corrected chi connectivity index (χ3v) is 2.87. The number of nitro benzene ring substituents is 1. The van der Waals surface area contributed by atoms with E-state index in [9.17, 15) is 20.0 Å². The number of aliphatic hydroxyl groups excluding tert-OH is 1. The number of carbonyl (C=O) groups excluding carboxylic acids is 1. The Labute approximate surface area is 117 Å². The molecule has 1 rings (SSSR count). The number of aliphatic hydroxyl groups is 1. The molecule has 110 valence electrons. The van der Waals surface area contributed by atoms with Gasteiger partial charge in [0.1, 0.15) is 5.69 Å². The first-order valence-electron chi connectivity index (χ1n) is 6.16. The topological polar surface area (TPSA) is 104 Å². The second-order valence-electron chi connectivity index (χ2n) is 5.24. The second-order valence-corrected chi connectivity index (χ2v) is 5.24. The Bertz CT molecular complexity index is 514. The Morgan fingerprint density at radius 2 is 2.10 bits per heavy atom. The van der Waals surface area contributed by atoms with E-state index < -0.39 is 10.3 Å². The van der Waals surface area contributed by atoms with Gasteiger partial charge in [-0.1, -0.05) is 13.8 Å². The van der Waals surface area contributed by atoms with Crippen molar-refractivity contribution in [3.05, 3.63) is 33.9 Å². The molecule has 20 heavy (non-hydrogen) atoms. The highest BCUT2D eigenvalue weighted by Crippen LogP contribution is 2.27. The molecule has 0 saturated carbocycles. The molecular formula is C13H19N3O4. The Morgan fingerprint density at radius 3 is 2.60 bits per heavy atom. The van der Waals surface area contributed by atoms with E-state index in [2.05, 4.69) is 10.6 Å². The van der Waals surface area contributed by atoms with Crippen LogP contribution in [-0.2, 0) is 0 Å². The van der Waals surface area contributed by atoms with Crippen LogP contribution in [0.4, 0.5) is 11.4 Å². The van der Waals surface area contributed by atoms with E-state index in [-0.39, 0.29) is 23.8 Å². The van der Waals surface area contributed by atoms with Crippen molar-refractivity contribution in [1.29, 1.82) is 0 Å². The third kappa shape index (κ3) is 3.92. The van der Waals surface area contributed by atoms with Gasteiger partial charge in [0.25, 0.3) is 11.6 Å². The average Bonchev–Trinajstić information content (AvgIpc) is 2.44. The first-order chi connectivity index (χ1) is 9.30. The smallest absolute Gasteiger partial charge is 0.293 e. The first kappa shape index (κ1) is 15.9. The average molecular weight is 281 g/mol. The minimum Gasteiger partial charge on any atom is -0.396 e. The number of rotatable bonds is 6. The van der Waals surface area contributed by atoms with E-state index in [0.29, 0.717) is 12.2 Å². The molecule has 1 aromatic carbocycles. The van der Waals surface area contributed by atoms with Crippen LogP contribution in [0.5, 0.6) is 0 Å². The summed E-state index contributed by atoms with van der Waals surface area (Å²) in [5.41, 5.74) is -0.0111. The van der Waals surface area contributed by atoms with Gasteiger partial charge in [-0.15, -0.1) is 0 Å². The predicted octanol–water partition coefficient (Wildman–Crippen LogP) is 1.38. The molecule has 1 amide bonds. The van der Waals surface area contributed by atoms with E-state index in [1.807, 2.05) is 13.8 Å². The van der Waals surface area contributed by atoms with Crippen molar-refractivity contribution in [2.24, 2.45) is 5.41 Å². The molecule has 7 heteroatoms. The Kier molecular flexibility index (Phi) is 5.04. The van der Waals surface area contributed by atoms with Gasteiger partial charge in [0.15, 0.2) is 0 Å². The zero-order valence-corrected chi connectivity index (χ0v) is 11.8. The number of nitrogens with one attached hydrogen (secondary N) is 2. The molecule has 0 heterocycles. The van der Waals surface area contributed by atoms with E-state index in [4.69, 9.17) is 0 Å². The SMILES string of the molecule is CNC(=O)c1ccc(NCC(C)(C)CO)c([N+](=O)[O-])c1. The zero-order valence-electron chi connectivity index (χ0n) is 11.8. The first-order valence-corrected chi connectivity index (χ1v) is 6.16. The summed E-state index contributed by atoms with van der Waals surface area (Å²) in [7, 11) is 1.46.